The summed E-state index contributed by atoms with van der Waals surface area (Å²) in [6.07, 6.45) is 0.728. The fourth-order valence-corrected chi connectivity index (χ4v) is 3.56. The molecule has 4 rings (SSSR count). The van der Waals surface area contributed by atoms with Crippen LogP contribution in [0.1, 0.15) is 17.5 Å². The van der Waals surface area contributed by atoms with Gasteiger partial charge in [-0.3, -0.25) is 4.90 Å². The van der Waals surface area contributed by atoms with Gasteiger partial charge in [0.1, 0.15) is 5.75 Å². The van der Waals surface area contributed by atoms with E-state index in [4.69, 9.17) is 9.26 Å². The van der Waals surface area contributed by atoms with Crippen LogP contribution >= 0.6 is 0 Å². The first-order valence-electron chi connectivity index (χ1n) is 9.31. The van der Waals surface area contributed by atoms with E-state index in [0.29, 0.717) is 11.7 Å². The van der Waals surface area contributed by atoms with E-state index >= 15 is 0 Å². The molecule has 1 atom stereocenters. The van der Waals surface area contributed by atoms with Crippen molar-refractivity contribution >= 4 is 0 Å². The zero-order valence-corrected chi connectivity index (χ0v) is 15.5. The number of para-hydroxylation sites is 1. The largest absolute Gasteiger partial charge is 0.496 e. The van der Waals surface area contributed by atoms with Crippen LogP contribution in [0.4, 0.5) is 0 Å². The van der Waals surface area contributed by atoms with Gasteiger partial charge in [0.15, 0.2) is 0 Å². The minimum absolute atomic E-state index is 0.270. The van der Waals surface area contributed by atoms with Gasteiger partial charge in [-0.15, -0.1) is 0 Å². The van der Waals surface area contributed by atoms with Gasteiger partial charge in [-0.05, 0) is 6.07 Å². The predicted octanol–water partition coefficient (Wildman–Crippen LogP) is 2.93. The zero-order chi connectivity index (χ0) is 18.5. The van der Waals surface area contributed by atoms with Gasteiger partial charge in [-0.1, -0.05) is 53.7 Å². The van der Waals surface area contributed by atoms with E-state index in [1.165, 1.54) is 5.56 Å². The highest BCUT2D eigenvalue weighted by Gasteiger charge is 2.26. The molecule has 2 heterocycles. The Morgan fingerprint density at radius 1 is 1.15 bits per heavy atom. The SMILES string of the molecule is COc1ccccc1C1CNCCN1CCc1nc(-c2ccccc2)no1. The molecule has 1 unspecified atom stereocenters. The molecule has 1 aliphatic rings. The lowest BCUT2D eigenvalue weighted by atomic mass is 10.0. The summed E-state index contributed by atoms with van der Waals surface area (Å²) in [6.45, 7) is 3.72. The molecule has 1 aliphatic heterocycles. The van der Waals surface area contributed by atoms with Crippen molar-refractivity contribution in [3.8, 4) is 17.1 Å². The molecule has 1 saturated heterocycles. The van der Waals surface area contributed by atoms with Gasteiger partial charge >= 0.3 is 0 Å². The van der Waals surface area contributed by atoms with Crippen molar-refractivity contribution in [3.05, 3.63) is 66.1 Å². The quantitative estimate of drug-likeness (QED) is 0.726. The molecule has 6 heteroatoms. The van der Waals surface area contributed by atoms with Crippen molar-refractivity contribution in [2.45, 2.75) is 12.5 Å². The summed E-state index contributed by atoms with van der Waals surface area (Å²) in [7, 11) is 1.73. The standard InChI is InChI=1S/C21H24N4O2/c1-26-19-10-6-5-9-17(19)18-15-22-12-14-25(18)13-11-20-23-21(24-27-20)16-7-3-2-4-8-16/h2-10,18,22H,11-15H2,1H3. The number of nitrogens with zero attached hydrogens (tertiary/aromatic N) is 3. The Morgan fingerprint density at radius 2 is 1.96 bits per heavy atom. The summed E-state index contributed by atoms with van der Waals surface area (Å²) in [5.74, 6) is 2.25. The average molecular weight is 364 g/mol. The summed E-state index contributed by atoms with van der Waals surface area (Å²) >= 11 is 0. The molecule has 1 N–H and O–H groups in total. The number of ether oxygens (including phenoxy) is 1. The van der Waals surface area contributed by atoms with Crippen molar-refractivity contribution in [1.82, 2.24) is 20.4 Å². The Kier molecular flexibility index (Phi) is 5.46. The Hall–Kier alpha value is -2.70. The number of hydrogen-bond donors (Lipinski definition) is 1. The fraction of sp³-hybridized carbons (Fsp3) is 0.333. The van der Waals surface area contributed by atoms with Crippen LogP contribution in [0.3, 0.4) is 0 Å². The van der Waals surface area contributed by atoms with E-state index in [1.54, 1.807) is 7.11 Å². The van der Waals surface area contributed by atoms with E-state index in [-0.39, 0.29) is 6.04 Å². The van der Waals surface area contributed by atoms with Crippen LogP contribution in [-0.4, -0.2) is 48.3 Å². The molecule has 2 aromatic carbocycles. The molecule has 0 amide bonds. The average Bonchev–Trinajstić information content (AvgIpc) is 3.22. The summed E-state index contributed by atoms with van der Waals surface area (Å²) < 4.78 is 11.0. The molecule has 27 heavy (non-hydrogen) atoms. The van der Waals surface area contributed by atoms with Crippen LogP contribution in [-0.2, 0) is 6.42 Å². The van der Waals surface area contributed by atoms with Gasteiger partial charge in [0.2, 0.25) is 11.7 Å². The molecule has 0 saturated carbocycles. The number of nitrogens with one attached hydrogen (secondary N) is 1. The first kappa shape index (κ1) is 17.7. The monoisotopic (exact) mass is 364 g/mol. The molecule has 0 radical (unpaired) electrons. The van der Waals surface area contributed by atoms with Crippen LogP contribution in [0.2, 0.25) is 0 Å². The maximum atomic E-state index is 5.57. The predicted molar refractivity (Wildman–Crippen MR) is 104 cm³/mol. The van der Waals surface area contributed by atoms with Crippen LogP contribution < -0.4 is 10.1 Å². The van der Waals surface area contributed by atoms with Crippen molar-refractivity contribution in [3.63, 3.8) is 0 Å². The highest BCUT2D eigenvalue weighted by atomic mass is 16.5. The van der Waals surface area contributed by atoms with Crippen LogP contribution in [0.25, 0.3) is 11.4 Å². The summed E-state index contributed by atoms with van der Waals surface area (Å²) in [5, 5.41) is 7.61. The summed E-state index contributed by atoms with van der Waals surface area (Å²) in [6, 6.07) is 18.4. The molecule has 1 aromatic heterocycles. The molecular weight excluding hydrogens is 340 g/mol. The zero-order valence-electron chi connectivity index (χ0n) is 15.5. The molecule has 3 aromatic rings. The maximum absolute atomic E-state index is 5.57. The first-order valence-corrected chi connectivity index (χ1v) is 9.31. The van der Waals surface area contributed by atoms with Crippen molar-refractivity contribution in [1.29, 1.82) is 0 Å². The van der Waals surface area contributed by atoms with Crippen LogP contribution in [0.5, 0.6) is 5.75 Å². The van der Waals surface area contributed by atoms with Crippen LogP contribution in [0.15, 0.2) is 59.1 Å². The van der Waals surface area contributed by atoms with E-state index < -0.39 is 0 Å². The van der Waals surface area contributed by atoms with Gasteiger partial charge in [0, 0.05) is 43.7 Å². The van der Waals surface area contributed by atoms with Gasteiger partial charge in [-0.2, -0.15) is 4.98 Å². The number of rotatable bonds is 6. The molecule has 0 aliphatic carbocycles. The molecular formula is C21H24N4O2. The van der Waals surface area contributed by atoms with E-state index in [9.17, 15) is 0 Å². The normalized spacial score (nSPS) is 17.7. The lowest BCUT2D eigenvalue weighted by Gasteiger charge is -2.36. The van der Waals surface area contributed by atoms with Gasteiger partial charge in [0.05, 0.1) is 13.2 Å². The third kappa shape index (κ3) is 4.02. The molecule has 140 valence electrons. The minimum Gasteiger partial charge on any atom is -0.496 e. The topological polar surface area (TPSA) is 63.4 Å². The molecule has 0 spiro atoms. The number of aromatic nitrogens is 2. The molecule has 6 nitrogen and oxygen atoms in total. The number of benzene rings is 2. The first-order chi connectivity index (χ1) is 13.3. The number of methoxy groups -OCH3 is 1. The molecule has 0 bridgehead atoms. The van der Waals surface area contributed by atoms with Crippen LogP contribution in [0, 0.1) is 0 Å². The lowest BCUT2D eigenvalue weighted by Crippen LogP contribution is -2.46. The third-order valence-electron chi connectivity index (χ3n) is 4.97. The second-order valence-corrected chi connectivity index (χ2v) is 6.63. The maximum Gasteiger partial charge on any atom is 0.228 e. The van der Waals surface area contributed by atoms with E-state index in [1.807, 2.05) is 42.5 Å². The van der Waals surface area contributed by atoms with Crippen molar-refractivity contribution < 1.29 is 9.26 Å². The fourth-order valence-electron chi connectivity index (χ4n) is 3.56. The van der Waals surface area contributed by atoms with Crippen molar-refractivity contribution in [2.75, 3.05) is 33.3 Å². The van der Waals surface area contributed by atoms with Gasteiger partial charge < -0.3 is 14.6 Å². The number of hydrogen-bond acceptors (Lipinski definition) is 6. The van der Waals surface area contributed by atoms with Gasteiger partial charge in [0.25, 0.3) is 0 Å². The summed E-state index contributed by atoms with van der Waals surface area (Å²) in [4.78, 5) is 7.01. The summed E-state index contributed by atoms with van der Waals surface area (Å²) in [5.41, 5.74) is 2.18. The Bertz CT molecular complexity index is 865. The highest BCUT2D eigenvalue weighted by molar-refractivity contribution is 5.53. The second kappa shape index (κ2) is 8.33. The third-order valence-corrected chi connectivity index (χ3v) is 4.97. The van der Waals surface area contributed by atoms with Gasteiger partial charge in [-0.25, -0.2) is 0 Å². The van der Waals surface area contributed by atoms with E-state index in [2.05, 4.69) is 32.5 Å². The Labute approximate surface area is 159 Å². The smallest absolute Gasteiger partial charge is 0.228 e. The molecule has 1 fully saturated rings. The lowest BCUT2D eigenvalue weighted by molar-refractivity contribution is 0.156. The second-order valence-electron chi connectivity index (χ2n) is 6.63. The highest BCUT2D eigenvalue weighted by Crippen LogP contribution is 2.30. The number of piperazine rings is 1. The minimum atomic E-state index is 0.270. The van der Waals surface area contributed by atoms with E-state index in [0.717, 1.165) is 43.9 Å². The Morgan fingerprint density at radius 3 is 2.81 bits per heavy atom. The van der Waals surface area contributed by atoms with Crippen molar-refractivity contribution in [2.24, 2.45) is 0 Å². The Balaban J connectivity index is 1.46.